The zero-order chi connectivity index (χ0) is 20.4. The number of thiophene rings is 1. The van der Waals surface area contributed by atoms with Crippen LogP contribution in [0.5, 0.6) is 0 Å². The maximum atomic E-state index is 12.6. The Labute approximate surface area is 168 Å². The van der Waals surface area contributed by atoms with Crippen LogP contribution < -0.4 is 11.1 Å². The number of carbonyl (C=O) groups is 2. The number of rotatable bonds is 7. The highest BCUT2D eigenvalue weighted by atomic mass is 32.1. The topological polar surface area (TPSA) is 102 Å². The molecule has 0 radical (unpaired) electrons. The fourth-order valence-electron chi connectivity index (χ4n) is 3.37. The first kappa shape index (κ1) is 20.0. The van der Waals surface area contributed by atoms with Gasteiger partial charge in [-0.3, -0.25) is 9.59 Å². The van der Waals surface area contributed by atoms with E-state index in [1.807, 2.05) is 25.3 Å². The summed E-state index contributed by atoms with van der Waals surface area (Å²) in [5.41, 5.74) is 8.73. The summed E-state index contributed by atoms with van der Waals surface area (Å²) < 4.78 is 1.61. The van der Waals surface area contributed by atoms with Crippen LogP contribution in [0.25, 0.3) is 5.65 Å². The second-order valence-electron chi connectivity index (χ2n) is 7.22. The molecular weight excluding hydrogens is 374 g/mol. The van der Waals surface area contributed by atoms with E-state index in [-0.39, 0.29) is 11.9 Å². The molecule has 8 heteroatoms. The standard InChI is InChI=1S/C20H25N5O2S/c1-11(2)18(16-6-5-9-28-16)24-17(26)8-7-14-12(3)23-20-15(19(21)27)10-22-25(20)13(14)4/h5-6,9-11,18H,7-8H2,1-4H3,(H2,21,27)(H,24,26). The molecule has 3 N–H and O–H groups in total. The molecule has 0 aromatic carbocycles. The summed E-state index contributed by atoms with van der Waals surface area (Å²) in [5, 5.41) is 9.40. The van der Waals surface area contributed by atoms with Gasteiger partial charge in [0.15, 0.2) is 5.65 Å². The van der Waals surface area contributed by atoms with Gasteiger partial charge in [0.05, 0.1) is 12.2 Å². The summed E-state index contributed by atoms with van der Waals surface area (Å²) in [6.07, 6.45) is 2.34. The average Bonchev–Trinajstić information content (AvgIpc) is 3.28. The molecule has 3 heterocycles. The molecule has 0 saturated carbocycles. The zero-order valence-electron chi connectivity index (χ0n) is 16.5. The molecule has 2 amide bonds. The van der Waals surface area contributed by atoms with E-state index in [0.29, 0.717) is 30.0 Å². The van der Waals surface area contributed by atoms with Crippen LogP contribution in [0, 0.1) is 19.8 Å². The molecule has 0 spiro atoms. The van der Waals surface area contributed by atoms with Crippen LogP contribution in [0.15, 0.2) is 23.7 Å². The molecule has 3 aromatic heterocycles. The van der Waals surface area contributed by atoms with E-state index < -0.39 is 5.91 Å². The van der Waals surface area contributed by atoms with Gasteiger partial charge in [0.25, 0.3) is 5.91 Å². The van der Waals surface area contributed by atoms with Crippen LogP contribution in [-0.2, 0) is 11.2 Å². The molecule has 1 atom stereocenters. The Bertz CT molecular complexity index is 1010. The molecule has 7 nitrogen and oxygen atoms in total. The third-order valence-electron chi connectivity index (χ3n) is 4.91. The highest BCUT2D eigenvalue weighted by molar-refractivity contribution is 7.10. The van der Waals surface area contributed by atoms with Crippen LogP contribution in [0.3, 0.4) is 0 Å². The summed E-state index contributed by atoms with van der Waals surface area (Å²) >= 11 is 1.65. The fourth-order valence-corrected chi connectivity index (χ4v) is 4.31. The molecule has 148 valence electrons. The van der Waals surface area contributed by atoms with Crippen LogP contribution >= 0.6 is 11.3 Å². The number of amides is 2. The van der Waals surface area contributed by atoms with Gasteiger partial charge in [-0.05, 0) is 43.2 Å². The van der Waals surface area contributed by atoms with E-state index >= 15 is 0 Å². The van der Waals surface area contributed by atoms with Crippen LogP contribution in [0.1, 0.15) is 58.5 Å². The second-order valence-corrected chi connectivity index (χ2v) is 8.20. The van der Waals surface area contributed by atoms with Gasteiger partial charge in [0, 0.05) is 22.7 Å². The summed E-state index contributed by atoms with van der Waals surface area (Å²) in [4.78, 5) is 29.8. The normalized spacial score (nSPS) is 12.5. The second kappa shape index (κ2) is 8.10. The number of aromatic nitrogens is 3. The molecule has 0 bridgehead atoms. The van der Waals surface area contributed by atoms with Crippen molar-refractivity contribution in [1.82, 2.24) is 19.9 Å². The molecular formula is C20H25N5O2S. The lowest BCUT2D eigenvalue weighted by atomic mass is 10.0. The van der Waals surface area contributed by atoms with Gasteiger partial charge < -0.3 is 11.1 Å². The molecule has 28 heavy (non-hydrogen) atoms. The van der Waals surface area contributed by atoms with Gasteiger partial charge in [0.1, 0.15) is 5.56 Å². The Balaban J connectivity index is 1.76. The van der Waals surface area contributed by atoms with Crippen molar-refractivity contribution in [3.05, 3.63) is 51.1 Å². The number of nitrogens with two attached hydrogens (primary N) is 1. The molecule has 1 unspecified atom stereocenters. The predicted molar refractivity (Wildman–Crippen MR) is 109 cm³/mol. The first-order valence-corrected chi connectivity index (χ1v) is 10.1. The summed E-state index contributed by atoms with van der Waals surface area (Å²) in [5.74, 6) is -0.244. The van der Waals surface area contributed by atoms with Crippen molar-refractivity contribution >= 4 is 28.8 Å². The number of fused-ring (bicyclic) bond motifs is 1. The van der Waals surface area contributed by atoms with Gasteiger partial charge >= 0.3 is 0 Å². The van der Waals surface area contributed by atoms with Crippen molar-refractivity contribution in [3.8, 4) is 0 Å². The Kier molecular flexibility index (Phi) is 5.79. The Morgan fingerprint density at radius 3 is 2.68 bits per heavy atom. The number of nitrogens with zero attached hydrogens (tertiary/aromatic N) is 3. The Morgan fingerprint density at radius 2 is 2.07 bits per heavy atom. The van der Waals surface area contributed by atoms with Crippen molar-refractivity contribution in [1.29, 1.82) is 0 Å². The lowest BCUT2D eigenvalue weighted by Crippen LogP contribution is -2.31. The first-order chi connectivity index (χ1) is 13.3. The minimum Gasteiger partial charge on any atom is -0.365 e. The number of nitrogens with one attached hydrogen (secondary N) is 1. The Hall–Kier alpha value is -2.74. The number of primary amides is 1. The van der Waals surface area contributed by atoms with Gasteiger partial charge in [0.2, 0.25) is 5.91 Å². The number of hydrogen-bond acceptors (Lipinski definition) is 5. The molecule has 3 aromatic rings. The van der Waals surface area contributed by atoms with Crippen molar-refractivity contribution < 1.29 is 9.59 Å². The monoisotopic (exact) mass is 399 g/mol. The third-order valence-corrected chi connectivity index (χ3v) is 5.86. The number of aryl methyl sites for hydroxylation is 2. The van der Waals surface area contributed by atoms with E-state index in [9.17, 15) is 9.59 Å². The highest BCUT2D eigenvalue weighted by Crippen LogP contribution is 2.26. The fraction of sp³-hybridized carbons (Fsp3) is 0.400. The SMILES string of the molecule is Cc1nc2c(C(N)=O)cnn2c(C)c1CCC(=O)NC(c1cccs1)C(C)C. The highest BCUT2D eigenvalue weighted by Gasteiger charge is 2.20. The zero-order valence-corrected chi connectivity index (χ0v) is 17.3. The minimum atomic E-state index is -0.554. The van der Waals surface area contributed by atoms with Crippen LogP contribution in [0.4, 0.5) is 0 Å². The minimum absolute atomic E-state index is 0.00397. The molecule has 0 aliphatic heterocycles. The maximum absolute atomic E-state index is 12.6. The Morgan fingerprint density at radius 1 is 1.32 bits per heavy atom. The molecule has 0 fully saturated rings. The molecule has 0 aliphatic carbocycles. The van der Waals surface area contributed by atoms with Crippen molar-refractivity contribution in [2.45, 2.75) is 46.6 Å². The smallest absolute Gasteiger partial charge is 0.254 e. The van der Waals surface area contributed by atoms with Gasteiger partial charge in [-0.2, -0.15) is 5.10 Å². The van der Waals surface area contributed by atoms with E-state index in [0.717, 1.165) is 21.8 Å². The number of carbonyl (C=O) groups excluding carboxylic acids is 2. The van der Waals surface area contributed by atoms with E-state index in [1.165, 1.54) is 6.20 Å². The third kappa shape index (κ3) is 3.91. The van der Waals surface area contributed by atoms with Gasteiger partial charge in [-0.25, -0.2) is 9.50 Å². The van der Waals surface area contributed by atoms with E-state index in [4.69, 9.17) is 5.73 Å². The van der Waals surface area contributed by atoms with Gasteiger partial charge in [-0.1, -0.05) is 19.9 Å². The lowest BCUT2D eigenvalue weighted by molar-refractivity contribution is -0.122. The summed E-state index contributed by atoms with van der Waals surface area (Å²) in [6.45, 7) is 7.99. The number of hydrogen-bond donors (Lipinski definition) is 2. The van der Waals surface area contributed by atoms with Crippen LogP contribution in [0.2, 0.25) is 0 Å². The molecule has 3 rings (SSSR count). The van der Waals surface area contributed by atoms with Crippen molar-refractivity contribution in [3.63, 3.8) is 0 Å². The average molecular weight is 400 g/mol. The lowest BCUT2D eigenvalue weighted by Gasteiger charge is -2.21. The maximum Gasteiger partial charge on any atom is 0.254 e. The quantitative estimate of drug-likeness (QED) is 0.637. The van der Waals surface area contributed by atoms with Crippen molar-refractivity contribution in [2.75, 3.05) is 0 Å². The molecule has 0 aliphatic rings. The first-order valence-electron chi connectivity index (χ1n) is 9.26. The largest absolute Gasteiger partial charge is 0.365 e. The van der Waals surface area contributed by atoms with Crippen molar-refractivity contribution in [2.24, 2.45) is 11.7 Å². The predicted octanol–water partition coefficient (Wildman–Crippen LogP) is 2.95. The van der Waals surface area contributed by atoms with Gasteiger partial charge in [-0.15, -0.1) is 11.3 Å². The summed E-state index contributed by atoms with van der Waals surface area (Å²) in [6, 6.07) is 4.06. The molecule has 0 saturated heterocycles. The summed E-state index contributed by atoms with van der Waals surface area (Å²) in [7, 11) is 0. The van der Waals surface area contributed by atoms with E-state index in [1.54, 1.807) is 15.9 Å². The van der Waals surface area contributed by atoms with E-state index in [2.05, 4.69) is 35.3 Å². The van der Waals surface area contributed by atoms with Crippen LogP contribution in [-0.4, -0.2) is 26.4 Å².